The van der Waals surface area contributed by atoms with Crippen LogP contribution in [0.5, 0.6) is 0 Å². The van der Waals surface area contributed by atoms with Crippen LogP contribution in [-0.4, -0.2) is 34.8 Å². The lowest BCUT2D eigenvalue weighted by Crippen LogP contribution is -2.18. The molecule has 0 saturated carbocycles. The highest BCUT2D eigenvalue weighted by Crippen LogP contribution is 2.20. The Balaban J connectivity index is 2.63. The lowest BCUT2D eigenvalue weighted by molar-refractivity contribution is -0.142. The molecule has 1 aromatic rings. The van der Waals surface area contributed by atoms with Gasteiger partial charge in [-0.3, -0.25) is 4.79 Å². The fourth-order valence-electron chi connectivity index (χ4n) is 1.70. The van der Waals surface area contributed by atoms with Gasteiger partial charge in [0.2, 0.25) is 0 Å². The Morgan fingerprint density at radius 1 is 1.32 bits per heavy atom. The summed E-state index contributed by atoms with van der Waals surface area (Å²) in [6.07, 6.45) is -1.31. The quantitative estimate of drug-likeness (QED) is 0.593. The van der Waals surface area contributed by atoms with Crippen molar-refractivity contribution in [2.24, 2.45) is 0 Å². The number of benzene rings is 1. The first-order chi connectivity index (χ1) is 9.08. The number of ether oxygens (including phenoxy) is 1. The molecule has 0 spiro atoms. The summed E-state index contributed by atoms with van der Waals surface area (Å²) < 4.78 is 4.85. The van der Waals surface area contributed by atoms with E-state index in [1.54, 1.807) is 31.2 Å². The van der Waals surface area contributed by atoms with Gasteiger partial charge in [0.25, 0.3) is 0 Å². The molecular weight excluding hydrogens is 268 g/mol. The first-order valence-corrected chi connectivity index (χ1v) is 6.78. The van der Waals surface area contributed by atoms with Crippen LogP contribution < -0.4 is 0 Å². The number of aliphatic hydroxyl groups excluding tert-OH is 2. The van der Waals surface area contributed by atoms with Crippen molar-refractivity contribution in [2.75, 3.05) is 12.5 Å². The molecule has 0 fully saturated rings. The zero-order valence-corrected chi connectivity index (χ0v) is 11.6. The van der Waals surface area contributed by atoms with E-state index in [2.05, 4.69) is 0 Å². The van der Waals surface area contributed by atoms with Crippen LogP contribution in [0.15, 0.2) is 24.3 Å². The third-order valence-corrected chi connectivity index (χ3v) is 2.96. The van der Waals surface area contributed by atoms with Gasteiger partial charge in [-0.25, -0.2) is 0 Å². The maximum Gasteiger partial charge on any atom is 0.310 e. The Bertz CT molecular complexity index is 391. The second kappa shape index (κ2) is 8.15. The molecule has 2 N–H and O–H groups in total. The van der Waals surface area contributed by atoms with Crippen LogP contribution in [0, 0.1) is 0 Å². The van der Waals surface area contributed by atoms with E-state index in [4.69, 9.17) is 16.3 Å². The summed E-state index contributed by atoms with van der Waals surface area (Å²) >= 11 is 5.52. The predicted molar refractivity (Wildman–Crippen MR) is 73.1 cm³/mol. The largest absolute Gasteiger partial charge is 0.466 e. The molecule has 0 aliphatic carbocycles. The molecule has 0 heterocycles. The summed E-state index contributed by atoms with van der Waals surface area (Å²) in [5, 5.41) is 19.5. The zero-order valence-electron chi connectivity index (χ0n) is 10.9. The molecule has 0 bridgehead atoms. The number of esters is 1. The summed E-state index contributed by atoms with van der Waals surface area (Å²) in [6.45, 7) is 2.12. The average molecular weight is 287 g/mol. The SMILES string of the molecule is CCOC(=O)Cc1ccc(C(O)C(O)CCCl)cc1. The maximum atomic E-state index is 11.3. The summed E-state index contributed by atoms with van der Waals surface area (Å²) in [7, 11) is 0. The van der Waals surface area contributed by atoms with E-state index < -0.39 is 12.2 Å². The molecule has 0 aromatic heterocycles. The molecule has 19 heavy (non-hydrogen) atoms. The smallest absolute Gasteiger partial charge is 0.310 e. The molecule has 5 heteroatoms. The molecule has 106 valence electrons. The normalized spacial score (nSPS) is 13.9. The van der Waals surface area contributed by atoms with E-state index in [1.165, 1.54) is 0 Å². The van der Waals surface area contributed by atoms with Crippen LogP contribution in [0.1, 0.15) is 30.6 Å². The molecule has 0 aliphatic rings. The molecule has 0 aliphatic heterocycles. The van der Waals surface area contributed by atoms with Crippen molar-refractivity contribution in [3.05, 3.63) is 35.4 Å². The standard InChI is InChI=1S/C14H19ClO4/c1-2-19-13(17)9-10-3-5-11(6-4-10)14(18)12(16)7-8-15/h3-6,12,14,16,18H,2,7-9H2,1H3. The molecule has 0 radical (unpaired) electrons. The number of hydrogen-bond acceptors (Lipinski definition) is 4. The second-order valence-corrected chi connectivity index (χ2v) is 4.59. The molecule has 0 amide bonds. The minimum Gasteiger partial charge on any atom is -0.466 e. The summed E-state index contributed by atoms with van der Waals surface area (Å²) in [6, 6.07) is 6.86. The number of alkyl halides is 1. The molecule has 0 saturated heterocycles. The van der Waals surface area contributed by atoms with Crippen molar-refractivity contribution in [1.82, 2.24) is 0 Å². The lowest BCUT2D eigenvalue weighted by Gasteiger charge is -2.17. The highest BCUT2D eigenvalue weighted by molar-refractivity contribution is 6.17. The van der Waals surface area contributed by atoms with E-state index in [0.29, 0.717) is 24.5 Å². The third-order valence-electron chi connectivity index (χ3n) is 2.74. The molecular formula is C14H19ClO4. The number of rotatable bonds is 7. The minimum atomic E-state index is -0.963. The summed E-state index contributed by atoms with van der Waals surface area (Å²) in [4.78, 5) is 11.3. The van der Waals surface area contributed by atoms with Crippen LogP contribution in [0.4, 0.5) is 0 Å². The lowest BCUT2D eigenvalue weighted by atomic mass is 10.0. The Morgan fingerprint density at radius 3 is 2.47 bits per heavy atom. The van der Waals surface area contributed by atoms with Gasteiger partial charge in [0, 0.05) is 5.88 Å². The Kier molecular flexibility index (Phi) is 6.84. The number of halogens is 1. The van der Waals surface area contributed by atoms with Gasteiger partial charge in [-0.15, -0.1) is 11.6 Å². The van der Waals surface area contributed by atoms with Crippen molar-refractivity contribution in [2.45, 2.75) is 32.0 Å². The molecule has 2 unspecified atom stereocenters. The number of aliphatic hydroxyl groups is 2. The monoisotopic (exact) mass is 286 g/mol. The van der Waals surface area contributed by atoms with Gasteiger partial charge in [0.15, 0.2) is 0 Å². The maximum absolute atomic E-state index is 11.3. The topological polar surface area (TPSA) is 66.8 Å². The zero-order chi connectivity index (χ0) is 14.3. The highest BCUT2D eigenvalue weighted by Gasteiger charge is 2.17. The molecule has 2 atom stereocenters. The fraction of sp³-hybridized carbons (Fsp3) is 0.500. The molecule has 1 aromatic carbocycles. The van der Waals surface area contributed by atoms with E-state index in [-0.39, 0.29) is 12.4 Å². The van der Waals surface area contributed by atoms with Crippen molar-refractivity contribution >= 4 is 17.6 Å². The average Bonchev–Trinajstić information content (AvgIpc) is 2.39. The van der Waals surface area contributed by atoms with Gasteiger partial charge in [-0.2, -0.15) is 0 Å². The van der Waals surface area contributed by atoms with Crippen LogP contribution in [0.3, 0.4) is 0 Å². The molecule has 1 rings (SSSR count). The third kappa shape index (κ3) is 5.19. The first-order valence-electron chi connectivity index (χ1n) is 6.25. The van der Waals surface area contributed by atoms with Crippen molar-refractivity contribution < 1.29 is 19.7 Å². The summed E-state index contributed by atoms with van der Waals surface area (Å²) in [5.74, 6) is 0.0112. The van der Waals surface area contributed by atoms with Crippen molar-refractivity contribution in [3.8, 4) is 0 Å². The van der Waals surface area contributed by atoms with Gasteiger partial charge < -0.3 is 14.9 Å². The second-order valence-electron chi connectivity index (χ2n) is 4.21. The highest BCUT2D eigenvalue weighted by atomic mass is 35.5. The van der Waals surface area contributed by atoms with E-state index in [1.807, 2.05) is 0 Å². The number of carbonyl (C=O) groups excluding carboxylic acids is 1. The van der Waals surface area contributed by atoms with E-state index in [0.717, 1.165) is 5.56 Å². The first kappa shape index (κ1) is 16.0. The van der Waals surface area contributed by atoms with Crippen LogP contribution in [0.25, 0.3) is 0 Å². The predicted octanol–water partition coefficient (Wildman–Crippen LogP) is 1.82. The van der Waals surface area contributed by atoms with Gasteiger partial charge >= 0.3 is 5.97 Å². The molecule has 4 nitrogen and oxygen atoms in total. The van der Waals surface area contributed by atoms with Gasteiger partial charge in [-0.1, -0.05) is 24.3 Å². The van der Waals surface area contributed by atoms with Crippen LogP contribution in [0.2, 0.25) is 0 Å². The van der Waals surface area contributed by atoms with Crippen molar-refractivity contribution in [3.63, 3.8) is 0 Å². The Labute approximate surface area is 118 Å². The fourth-order valence-corrected chi connectivity index (χ4v) is 1.93. The number of carbonyl (C=O) groups is 1. The van der Waals surface area contributed by atoms with Crippen LogP contribution >= 0.6 is 11.6 Å². The van der Waals surface area contributed by atoms with E-state index >= 15 is 0 Å². The Hall–Kier alpha value is -1.10. The van der Waals surface area contributed by atoms with Gasteiger partial charge in [0.1, 0.15) is 6.10 Å². The van der Waals surface area contributed by atoms with Gasteiger partial charge in [0.05, 0.1) is 19.1 Å². The van der Waals surface area contributed by atoms with Crippen molar-refractivity contribution in [1.29, 1.82) is 0 Å². The Morgan fingerprint density at radius 2 is 1.95 bits per heavy atom. The summed E-state index contributed by atoms with van der Waals surface area (Å²) in [5.41, 5.74) is 1.41. The van der Waals surface area contributed by atoms with Crippen LogP contribution in [-0.2, 0) is 16.0 Å². The van der Waals surface area contributed by atoms with Gasteiger partial charge in [-0.05, 0) is 24.5 Å². The minimum absolute atomic E-state index is 0.203. The van der Waals surface area contributed by atoms with E-state index in [9.17, 15) is 15.0 Å². The number of hydrogen-bond donors (Lipinski definition) is 2.